The van der Waals surface area contributed by atoms with E-state index in [9.17, 15) is 0 Å². The highest BCUT2D eigenvalue weighted by atomic mass is 16.7. The van der Waals surface area contributed by atoms with Crippen LogP contribution >= 0.6 is 0 Å². The molecule has 94 valence electrons. The molecule has 0 amide bonds. The van der Waals surface area contributed by atoms with Gasteiger partial charge in [-0.05, 0) is 0 Å². The van der Waals surface area contributed by atoms with Crippen LogP contribution in [0, 0.1) is 0 Å². The second-order valence-corrected chi connectivity index (χ2v) is 3.70. The van der Waals surface area contributed by atoms with Gasteiger partial charge in [0.15, 0.2) is 12.1 Å². The quantitative estimate of drug-likeness (QED) is 0.750. The zero-order valence-corrected chi connectivity index (χ0v) is 10.4. The van der Waals surface area contributed by atoms with Crippen LogP contribution in [-0.2, 0) is 15.9 Å². The van der Waals surface area contributed by atoms with Gasteiger partial charge in [0.05, 0.1) is 6.42 Å². The van der Waals surface area contributed by atoms with Crippen LogP contribution in [0.5, 0.6) is 0 Å². The number of methoxy groups -OCH3 is 2. The van der Waals surface area contributed by atoms with Gasteiger partial charge in [-0.3, -0.25) is 0 Å². The van der Waals surface area contributed by atoms with Crippen molar-refractivity contribution >= 4 is 0 Å². The Hall–Kier alpha value is -1.85. The zero-order valence-electron chi connectivity index (χ0n) is 10.4. The maximum atomic E-state index is 5.13. The van der Waals surface area contributed by atoms with Crippen molar-refractivity contribution in [2.24, 2.45) is 0 Å². The summed E-state index contributed by atoms with van der Waals surface area (Å²) in [5, 5.41) is 0. The number of aromatic nitrogens is 3. The molecular formula is C13H15N3O2. The van der Waals surface area contributed by atoms with Crippen molar-refractivity contribution in [3.05, 3.63) is 42.5 Å². The van der Waals surface area contributed by atoms with Crippen molar-refractivity contribution in [1.29, 1.82) is 0 Å². The summed E-state index contributed by atoms with van der Waals surface area (Å²) >= 11 is 0. The van der Waals surface area contributed by atoms with E-state index in [1.54, 1.807) is 14.2 Å². The Bertz CT molecular complexity index is 487. The van der Waals surface area contributed by atoms with Crippen LogP contribution in [0.2, 0.25) is 0 Å². The normalized spacial score (nSPS) is 10.8. The van der Waals surface area contributed by atoms with Crippen LogP contribution in [-0.4, -0.2) is 35.5 Å². The Morgan fingerprint density at radius 2 is 1.78 bits per heavy atom. The fourth-order valence-corrected chi connectivity index (χ4v) is 1.57. The van der Waals surface area contributed by atoms with Crippen LogP contribution in [0.25, 0.3) is 11.4 Å². The molecule has 0 radical (unpaired) electrons. The first kappa shape index (κ1) is 12.6. The number of nitrogens with zero attached hydrogens (tertiary/aromatic N) is 3. The highest BCUT2D eigenvalue weighted by Gasteiger charge is 2.10. The van der Waals surface area contributed by atoms with Crippen molar-refractivity contribution in [2.75, 3.05) is 14.2 Å². The first-order valence-electron chi connectivity index (χ1n) is 5.62. The molecule has 1 aromatic heterocycles. The van der Waals surface area contributed by atoms with Gasteiger partial charge in [0.25, 0.3) is 0 Å². The first-order chi connectivity index (χ1) is 8.83. The molecule has 0 atom stereocenters. The summed E-state index contributed by atoms with van der Waals surface area (Å²) in [4.78, 5) is 12.7. The Balaban J connectivity index is 2.20. The lowest BCUT2D eigenvalue weighted by molar-refractivity contribution is -0.101. The minimum atomic E-state index is -0.337. The lowest BCUT2D eigenvalue weighted by atomic mass is 10.2. The summed E-state index contributed by atoms with van der Waals surface area (Å²) in [6.45, 7) is 0. The summed E-state index contributed by atoms with van der Waals surface area (Å²) in [5.41, 5.74) is 0.965. The Morgan fingerprint density at radius 3 is 2.44 bits per heavy atom. The van der Waals surface area contributed by atoms with E-state index in [0.29, 0.717) is 18.1 Å². The van der Waals surface area contributed by atoms with E-state index in [4.69, 9.17) is 9.47 Å². The molecule has 0 saturated carbocycles. The van der Waals surface area contributed by atoms with E-state index in [1.807, 2.05) is 30.3 Å². The molecule has 0 spiro atoms. The fourth-order valence-electron chi connectivity index (χ4n) is 1.57. The highest BCUT2D eigenvalue weighted by Crippen LogP contribution is 2.13. The molecule has 0 aliphatic carbocycles. The molecule has 0 aliphatic rings. The smallest absolute Gasteiger partial charge is 0.163 e. The molecule has 1 heterocycles. The molecule has 1 aromatic carbocycles. The Labute approximate surface area is 106 Å². The molecular weight excluding hydrogens is 230 g/mol. The fraction of sp³-hybridized carbons (Fsp3) is 0.308. The van der Waals surface area contributed by atoms with E-state index >= 15 is 0 Å². The van der Waals surface area contributed by atoms with Crippen molar-refractivity contribution < 1.29 is 9.47 Å². The minimum Gasteiger partial charge on any atom is -0.355 e. The monoisotopic (exact) mass is 245 g/mol. The average molecular weight is 245 g/mol. The average Bonchev–Trinajstić information content (AvgIpc) is 2.46. The van der Waals surface area contributed by atoms with Gasteiger partial charge in [0.1, 0.15) is 12.2 Å². The zero-order chi connectivity index (χ0) is 12.8. The van der Waals surface area contributed by atoms with Crippen LogP contribution in [0.4, 0.5) is 0 Å². The third-order valence-electron chi connectivity index (χ3n) is 2.53. The number of rotatable bonds is 5. The predicted molar refractivity (Wildman–Crippen MR) is 66.8 cm³/mol. The van der Waals surface area contributed by atoms with E-state index in [2.05, 4.69) is 15.0 Å². The van der Waals surface area contributed by atoms with Gasteiger partial charge >= 0.3 is 0 Å². The van der Waals surface area contributed by atoms with Gasteiger partial charge in [0, 0.05) is 19.8 Å². The van der Waals surface area contributed by atoms with Crippen LogP contribution in [0.1, 0.15) is 5.82 Å². The highest BCUT2D eigenvalue weighted by molar-refractivity contribution is 5.53. The van der Waals surface area contributed by atoms with E-state index in [-0.39, 0.29) is 6.29 Å². The summed E-state index contributed by atoms with van der Waals surface area (Å²) in [6.07, 6.45) is 1.67. The van der Waals surface area contributed by atoms with Crippen molar-refractivity contribution in [3.63, 3.8) is 0 Å². The Kier molecular flexibility index (Phi) is 4.33. The number of benzene rings is 1. The molecule has 0 fully saturated rings. The van der Waals surface area contributed by atoms with Crippen molar-refractivity contribution in [3.8, 4) is 11.4 Å². The molecule has 18 heavy (non-hydrogen) atoms. The Morgan fingerprint density at radius 1 is 1.06 bits per heavy atom. The van der Waals surface area contributed by atoms with Crippen LogP contribution in [0.3, 0.4) is 0 Å². The SMILES string of the molecule is COC(Cc1ncnc(-c2ccccc2)n1)OC. The molecule has 2 rings (SSSR count). The second-order valence-electron chi connectivity index (χ2n) is 3.70. The van der Waals surface area contributed by atoms with Gasteiger partial charge < -0.3 is 9.47 Å². The van der Waals surface area contributed by atoms with Crippen molar-refractivity contribution in [2.45, 2.75) is 12.7 Å². The van der Waals surface area contributed by atoms with Crippen LogP contribution in [0.15, 0.2) is 36.7 Å². The largest absolute Gasteiger partial charge is 0.355 e. The lowest BCUT2D eigenvalue weighted by Gasteiger charge is -2.12. The maximum Gasteiger partial charge on any atom is 0.163 e. The van der Waals surface area contributed by atoms with Gasteiger partial charge in [-0.25, -0.2) is 15.0 Å². The van der Waals surface area contributed by atoms with Crippen LogP contribution < -0.4 is 0 Å². The van der Waals surface area contributed by atoms with E-state index in [0.717, 1.165) is 5.56 Å². The summed E-state index contributed by atoms with van der Waals surface area (Å²) in [7, 11) is 3.18. The molecule has 0 aliphatic heterocycles. The van der Waals surface area contributed by atoms with Gasteiger partial charge in [-0.15, -0.1) is 0 Å². The molecule has 0 bridgehead atoms. The van der Waals surface area contributed by atoms with Crippen molar-refractivity contribution in [1.82, 2.24) is 15.0 Å². The molecule has 5 heteroatoms. The molecule has 5 nitrogen and oxygen atoms in total. The lowest BCUT2D eigenvalue weighted by Crippen LogP contribution is -2.18. The topological polar surface area (TPSA) is 57.1 Å². The summed E-state index contributed by atoms with van der Waals surface area (Å²) in [5.74, 6) is 1.31. The third-order valence-corrected chi connectivity index (χ3v) is 2.53. The van der Waals surface area contributed by atoms with E-state index in [1.165, 1.54) is 6.33 Å². The molecule has 0 N–H and O–H groups in total. The summed E-state index contributed by atoms with van der Waals surface area (Å²) < 4.78 is 10.3. The number of ether oxygens (including phenoxy) is 2. The molecule has 2 aromatic rings. The summed E-state index contributed by atoms with van der Waals surface area (Å²) in [6, 6.07) is 9.78. The maximum absolute atomic E-state index is 5.13. The number of hydrogen-bond donors (Lipinski definition) is 0. The first-order valence-corrected chi connectivity index (χ1v) is 5.62. The van der Waals surface area contributed by atoms with Gasteiger partial charge in [0.2, 0.25) is 0 Å². The minimum absolute atomic E-state index is 0.337. The third kappa shape index (κ3) is 3.09. The van der Waals surface area contributed by atoms with E-state index < -0.39 is 0 Å². The van der Waals surface area contributed by atoms with Gasteiger partial charge in [-0.1, -0.05) is 30.3 Å². The molecule has 0 unspecified atom stereocenters. The molecule has 0 saturated heterocycles. The van der Waals surface area contributed by atoms with Gasteiger partial charge in [-0.2, -0.15) is 0 Å². The number of hydrogen-bond acceptors (Lipinski definition) is 5. The standard InChI is InChI=1S/C13H15N3O2/c1-17-12(18-2)8-11-14-9-15-13(16-11)10-6-4-3-5-7-10/h3-7,9,12H,8H2,1-2H3. The second kappa shape index (κ2) is 6.18. The predicted octanol–water partition coefficient (Wildman–Crippen LogP) is 1.70.